The number of imidazole rings is 1. The molecule has 8 rings (SSSR count). The molecule has 61 heavy (non-hydrogen) atoms. The molecular formula is C33H32F2N8O14P2S2. The van der Waals surface area contributed by atoms with Crippen LogP contribution in [0.2, 0.25) is 0 Å². The summed E-state index contributed by atoms with van der Waals surface area (Å²) in [6, 6.07) is 11.9. The summed E-state index contributed by atoms with van der Waals surface area (Å²) in [5.74, 6) is -0.266. The number of halogens is 2. The molecule has 6 heterocycles. The van der Waals surface area contributed by atoms with Gasteiger partial charge in [-0.05, 0) is 53.3 Å². The summed E-state index contributed by atoms with van der Waals surface area (Å²) in [6.45, 7) is -6.63. The molecule has 2 aromatic carbocycles. The zero-order chi connectivity index (χ0) is 43.3. The lowest BCUT2D eigenvalue weighted by Crippen LogP contribution is -2.37. The van der Waals surface area contributed by atoms with Crippen molar-refractivity contribution in [1.82, 2.24) is 29.1 Å². The minimum atomic E-state index is -5.33. The second-order valence-corrected chi connectivity index (χ2v) is 20.6. The Morgan fingerprint density at radius 3 is 2.36 bits per heavy atom. The predicted molar refractivity (Wildman–Crippen MR) is 208 cm³/mol. The largest absolute Gasteiger partial charge is 0.472 e. The predicted octanol–water partition coefficient (Wildman–Crippen LogP) is 3.00. The molecule has 324 valence electrons. The molecule has 22 nitrogen and oxygen atoms in total. The number of nitrogens with two attached hydrogens (primary N) is 1. The van der Waals surface area contributed by atoms with Crippen molar-refractivity contribution in [3.63, 3.8) is 0 Å². The van der Waals surface area contributed by atoms with Crippen molar-refractivity contribution in [2.45, 2.75) is 59.9 Å². The Balaban J connectivity index is 1.09. The molecule has 3 aliphatic rings. The lowest BCUT2D eigenvalue weighted by molar-refractivity contribution is -0.0652. The molecule has 0 spiro atoms. The number of anilines is 2. The number of ether oxygens (including phenoxy) is 2. The van der Waals surface area contributed by atoms with Crippen LogP contribution < -0.4 is 21.7 Å². The topological polar surface area (TPSA) is 297 Å². The number of H-pyrrole nitrogens is 1. The van der Waals surface area contributed by atoms with Crippen LogP contribution in [0.3, 0.4) is 0 Å². The summed E-state index contributed by atoms with van der Waals surface area (Å²) >= 11 is 0.501. The molecule has 0 amide bonds. The maximum absolute atomic E-state index is 16.7. The van der Waals surface area contributed by atoms with Gasteiger partial charge in [-0.15, -0.1) is 0 Å². The Kier molecular flexibility index (Phi) is 11.9. The number of carbonyl (C=O) groups is 1. The zero-order valence-corrected chi connectivity index (χ0v) is 34.2. The molecule has 10 atom stereocenters. The number of hydrogen-bond acceptors (Lipinski definition) is 18. The van der Waals surface area contributed by atoms with Crippen LogP contribution in [0, 0.1) is 0 Å². The van der Waals surface area contributed by atoms with Crippen molar-refractivity contribution in [1.29, 1.82) is 0 Å². The SMILES string of the molecule is Nc1ncnc2c1ncn2[C@@H]1OC2COP(=O)(O)O[C@@H]3[C@H](F)[C@@H](COP(=O)(SCc4ccc(S(=O)(=O)Nc5ccc(C=O)cc5)cc4)O[C@H]2[C@H]1F)O[C@H]3n1ccc(=O)[nH]c1=O. The second-order valence-electron chi connectivity index (χ2n) is 13.5. The van der Waals surface area contributed by atoms with E-state index in [9.17, 15) is 36.8 Å². The van der Waals surface area contributed by atoms with E-state index in [0.29, 0.717) is 33.4 Å². The summed E-state index contributed by atoms with van der Waals surface area (Å²) in [6.07, 6.45) is -11.6. The van der Waals surface area contributed by atoms with Crippen molar-refractivity contribution < 1.29 is 63.6 Å². The van der Waals surface area contributed by atoms with Gasteiger partial charge in [0.05, 0.1) is 24.4 Å². The maximum Gasteiger partial charge on any atom is 0.472 e. The normalized spacial score (nSPS) is 30.8. The third-order valence-corrected chi connectivity index (χ3v) is 15.6. The molecule has 2 bridgehead atoms. The van der Waals surface area contributed by atoms with Gasteiger partial charge in [-0.2, -0.15) is 0 Å². The fourth-order valence-corrected chi connectivity index (χ4v) is 11.9. The van der Waals surface area contributed by atoms with Gasteiger partial charge in [0.15, 0.2) is 36.3 Å². The number of aromatic nitrogens is 6. The fraction of sp³-hybridized carbons (Fsp3) is 0.333. The van der Waals surface area contributed by atoms with E-state index >= 15 is 8.78 Å². The molecule has 5 N–H and O–H groups in total. The average Bonchev–Trinajstić information content (AvgIpc) is 3.89. The van der Waals surface area contributed by atoms with Crippen molar-refractivity contribution in [3.05, 3.63) is 105 Å². The van der Waals surface area contributed by atoms with E-state index in [1.807, 2.05) is 4.98 Å². The van der Waals surface area contributed by atoms with E-state index in [-0.39, 0.29) is 33.3 Å². The Hall–Kier alpha value is -4.72. The number of benzene rings is 2. The molecule has 5 aromatic rings. The summed E-state index contributed by atoms with van der Waals surface area (Å²) in [7, 11) is -9.44. The second kappa shape index (κ2) is 16.9. The van der Waals surface area contributed by atoms with Gasteiger partial charge < -0.3 is 20.1 Å². The highest BCUT2D eigenvalue weighted by Gasteiger charge is 2.55. The Labute approximate surface area is 345 Å². The molecule has 3 aliphatic heterocycles. The van der Waals surface area contributed by atoms with Gasteiger partial charge in [-0.1, -0.05) is 12.1 Å². The highest BCUT2D eigenvalue weighted by molar-refractivity contribution is 8.54. The van der Waals surface area contributed by atoms with Crippen LogP contribution in [0.5, 0.6) is 0 Å². The van der Waals surface area contributed by atoms with E-state index < -0.39 is 98.3 Å². The Morgan fingerprint density at radius 2 is 1.64 bits per heavy atom. The molecule has 0 aliphatic carbocycles. The third kappa shape index (κ3) is 8.97. The van der Waals surface area contributed by atoms with E-state index in [4.69, 9.17) is 33.3 Å². The number of nitrogens with zero attached hydrogens (tertiary/aromatic N) is 5. The first-order chi connectivity index (χ1) is 29.0. The number of nitrogen functional groups attached to an aromatic ring is 1. The Bertz CT molecular complexity index is 2780. The number of aromatic amines is 1. The number of nitrogens with one attached hydrogen (secondary N) is 2. The number of hydrogen-bond donors (Lipinski definition) is 4. The number of alkyl halides is 2. The molecule has 0 radical (unpaired) electrons. The summed E-state index contributed by atoms with van der Waals surface area (Å²) in [5, 5.41) is 0. The number of rotatable bonds is 9. The molecule has 3 fully saturated rings. The number of fused-ring (bicyclic) bond motifs is 4. The average molecular weight is 929 g/mol. The molecule has 3 saturated heterocycles. The highest BCUT2D eigenvalue weighted by Crippen LogP contribution is 2.65. The van der Waals surface area contributed by atoms with Crippen LogP contribution >= 0.6 is 26.0 Å². The van der Waals surface area contributed by atoms with E-state index in [0.717, 1.165) is 29.5 Å². The summed E-state index contributed by atoms with van der Waals surface area (Å²) < 4.78 is 125. The van der Waals surface area contributed by atoms with Gasteiger partial charge >= 0.3 is 20.3 Å². The minimum absolute atomic E-state index is 0.0301. The van der Waals surface area contributed by atoms with Gasteiger partial charge in [0.2, 0.25) is 0 Å². The number of carbonyl (C=O) groups excluding carboxylic acids is 1. The van der Waals surface area contributed by atoms with Gasteiger partial charge in [-0.25, -0.2) is 46.1 Å². The van der Waals surface area contributed by atoms with Crippen LogP contribution in [0.4, 0.5) is 20.3 Å². The molecule has 3 unspecified atom stereocenters. The fourth-order valence-electron chi connectivity index (χ4n) is 6.55. The molecule has 0 saturated carbocycles. The number of aldehydes is 1. The van der Waals surface area contributed by atoms with Gasteiger partial charge in [0.25, 0.3) is 15.6 Å². The van der Waals surface area contributed by atoms with Gasteiger partial charge in [0.1, 0.15) is 42.5 Å². The minimum Gasteiger partial charge on any atom is -0.382 e. The number of sulfonamides is 1. The van der Waals surface area contributed by atoms with Gasteiger partial charge in [-0.3, -0.25) is 46.5 Å². The lowest BCUT2D eigenvalue weighted by atomic mass is 10.1. The van der Waals surface area contributed by atoms with E-state index in [2.05, 4.69) is 19.7 Å². The standard InChI is InChI=1S/C33H32F2N8O14P2S2/c34-24-21-12-53-59(49,60-14-18-3-7-20(8-4-18)61(50,51)41-19-5-1-17(11-44)2-6-19)57-27-22(55-31(25(27)35)43-16-39-26-29(36)37-15-38-30(26)43)13-52-58(47,48)56-28(24)32(54-21)42-10-9-23(45)40-33(42)46/h1-11,15-16,21-22,24-25,27-28,31-32,41H,12-14H2,(H,47,48)(H2,36,37,38)(H,40,45,46)/t21-,22?,24-,25-,27-,28-,31-,32-,59?/m1/s1. The maximum atomic E-state index is 16.7. The first kappa shape index (κ1) is 42.9. The molecular weight excluding hydrogens is 896 g/mol. The first-order valence-electron chi connectivity index (χ1n) is 17.8. The lowest BCUT2D eigenvalue weighted by Gasteiger charge is -2.27. The molecule has 28 heteroatoms. The summed E-state index contributed by atoms with van der Waals surface area (Å²) in [5.41, 5.74) is 5.03. The number of phosphoric acid groups is 1. The molecule has 3 aromatic heterocycles. The first-order valence-corrected chi connectivity index (χ1v) is 23.9. The van der Waals surface area contributed by atoms with Crippen molar-refractivity contribution in [2.75, 3.05) is 23.7 Å². The highest BCUT2D eigenvalue weighted by atomic mass is 32.7. The van der Waals surface area contributed by atoms with Crippen molar-refractivity contribution in [2.24, 2.45) is 0 Å². The van der Waals surface area contributed by atoms with Crippen LogP contribution in [0.25, 0.3) is 11.2 Å². The van der Waals surface area contributed by atoms with Gasteiger partial charge in [0, 0.05) is 29.3 Å². The smallest absolute Gasteiger partial charge is 0.382 e. The number of phosphoric ester groups is 1. The van der Waals surface area contributed by atoms with E-state index in [1.54, 1.807) is 0 Å². The van der Waals surface area contributed by atoms with Crippen molar-refractivity contribution in [3.8, 4) is 0 Å². The van der Waals surface area contributed by atoms with Crippen LogP contribution in [0.15, 0.2) is 87.9 Å². The van der Waals surface area contributed by atoms with Crippen molar-refractivity contribution >= 4 is 65.0 Å². The van der Waals surface area contributed by atoms with E-state index in [1.165, 1.54) is 48.5 Å². The van der Waals surface area contributed by atoms with Crippen LogP contribution in [-0.4, -0.2) is 98.6 Å². The summed E-state index contributed by atoms with van der Waals surface area (Å²) in [4.78, 5) is 60.1. The zero-order valence-electron chi connectivity index (χ0n) is 30.8. The quantitative estimate of drug-likeness (QED) is 0.122. The third-order valence-electron chi connectivity index (χ3n) is 9.54. The van der Waals surface area contributed by atoms with Crippen LogP contribution in [-0.2, 0) is 52.5 Å². The monoisotopic (exact) mass is 928 g/mol. The Morgan fingerprint density at radius 1 is 0.918 bits per heavy atom. The van der Waals surface area contributed by atoms with Crippen LogP contribution in [0.1, 0.15) is 28.4 Å².